The number of amides is 2. The first kappa shape index (κ1) is 13.5. The van der Waals surface area contributed by atoms with Crippen molar-refractivity contribution >= 4 is 17.5 Å². The van der Waals surface area contributed by atoms with Gasteiger partial charge in [-0.15, -0.1) is 0 Å². The number of carbonyl (C=O) groups excluding carboxylic acids is 2. The van der Waals surface area contributed by atoms with Crippen LogP contribution in [0.25, 0.3) is 0 Å². The minimum absolute atomic E-state index is 0.00339. The fourth-order valence-corrected chi connectivity index (χ4v) is 2.00. The summed E-state index contributed by atoms with van der Waals surface area (Å²) in [5.41, 5.74) is 2.21. The summed E-state index contributed by atoms with van der Waals surface area (Å²) in [4.78, 5) is 23.4. The van der Waals surface area contributed by atoms with Crippen LogP contribution in [0.3, 0.4) is 0 Å². The lowest BCUT2D eigenvalue weighted by Gasteiger charge is -2.26. The summed E-state index contributed by atoms with van der Waals surface area (Å²) in [5, 5.41) is 8.59. The number of anilines is 1. The zero-order valence-corrected chi connectivity index (χ0v) is 11.2. The zero-order valence-electron chi connectivity index (χ0n) is 11.2. The molecule has 3 N–H and O–H groups in total. The van der Waals surface area contributed by atoms with E-state index in [1.54, 1.807) is 19.2 Å². The number of hydrogen-bond acceptors (Lipinski definition) is 3. The summed E-state index contributed by atoms with van der Waals surface area (Å²) in [6.07, 6.45) is 0.524. The molecule has 1 saturated heterocycles. The van der Waals surface area contributed by atoms with Gasteiger partial charge in [0, 0.05) is 24.7 Å². The Hall–Kier alpha value is -1.88. The topological polar surface area (TPSA) is 70.2 Å². The molecule has 2 amide bonds. The van der Waals surface area contributed by atoms with Gasteiger partial charge in [-0.2, -0.15) is 0 Å². The van der Waals surface area contributed by atoms with Crippen LogP contribution < -0.4 is 16.0 Å². The third-order valence-corrected chi connectivity index (χ3v) is 3.34. The first-order chi connectivity index (χ1) is 9.10. The van der Waals surface area contributed by atoms with Gasteiger partial charge in [0.25, 0.3) is 5.91 Å². The van der Waals surface area contributed by atoms with Crippen molar-refractivity contribution in [2.24, 2.45) is 5.92 Å². The fourth-order valence-electron chi connectivity index (χ4n) is 2.00. The molecule has 5 heteroatoms. The Bertz CT molecular complexity index is 495. The van der Waals surface area contributed by atoms with E-state index in [0.717, 1.165) is 18.7 Å². The van der Waals surface area contributed by atoms with Crippen LogP contribution in [0.15, 0.2) is 18.2 Å². The highest BCUT2D eigenvalue weighted by Crippen LogP contribution is 2.18. The summed E-state index contributed by atoms with van der Waals surface area (Å²) in [6, 6.07) is 5.30. The van der Waals surface area contributed by atoms with Crippen LogP contribution >= 0.6 is 0 Å². The molecule has 1 fully saturated rings. The molecule has 1 aromatic carbocycles. The minimum Gasteiger partial charge on any atom is -0.355 e. The van der Waals surface area contributed by atoms with Crippen molar-refractivity contribution in [3.05, 3.63) is 29.3 Å². The lowest BCUT2D eigenvalue weighted by atomic mass is 9.99. The van der Waals surface area contributed by atoms with E-state index in [4.69, 9.17) is 0 Å². The number of aryl methyl sites for hydroxylation is 1. The zero-order chi connectivity index (χ0) is 13.8. The second-order valence-corrected chi connectivity index (χ2v) is 4.89. The Morgan fingerprint density at radius 3 is 2.68 bits per heavy atom. The first-order valence-electron chi connectivity index (χ1n) is 6.43. The molecular weight excluding hydrogens is 242 g/mol. The van der Waals surface area contributed by atoms with E-state index in [9.17, 15) is 9.59 Å². The maximum Gasteiger partial charge on any atom is 0.251 e. The lowest BCUT2D eigenvalue weighted by Crippen LogP contribution is -2.43. The molecule has 5 nitrogen and oxygen atoms in total. The Balaban J connectivity index is 2.05. The van der Waals surface area contributed by atoms with Gasteiger partial charge in [-0.1, -0.05) is 6.07 Å². The SMILES string of the molecule is CNC(=O)c1ccc(C)c(NC(=O)CC2CNC2)c1. The molecule has 0 bridgehead atoms. The van der Waals surface area contributed by atoms with Gasteiger partial charge < -0.3 is 16.0 Å². The molecule has 0 aliphatic carbocycles. The highest BCUT2D eigenvalue weighted by molar-refractivity contribution is 5.97. The van der Waals surface area contributed by atoms with E-state index in [2.05, 4.69) is 16.0 Å². The fraction of sp³-hybridized carbons (Fsp3) is 0.429. The average Bonchev–Trinajstić information content (AvgIpc) is 2.35. The third kappa shape index (κ3) is 3.32. The van der Waals surface area contributed by atoms with Gasteiger partial charge in [-0.05, 0) is 43.6 Å². The molecule has 0 unspecified atom stereocenters. The maximum absolute atomic E-state index is 11.9. The number of benzene rings is 1. The van der Waals surface area contributed by atoms with Crippen molar-refractivity contribution in [2.45, 2.75) is 13.3 Å². The molecule has 102 valence electrons. The number of rotatable bonds is 4. The van der Waals surface area contributed by atoms with E-state index in [-0.39, 0.29) is 11.8 Å². The summed E-state index contributed by atoms with van der Waals surface area (Å²) < 4.78 is 0. The predicted octanol–water partition coefficient (Wildman–Crippen LogP) is 0.903. The van der Waals surface area contributed by atoms with E-state index in [0.29, 0.717) is 23.6 Å². The smallest absolute Gasteiger partial charge is 0.251 e. The molecular formula is C14H19N3O2. The van der Waals surface area contributed by atoms with Crippen LogP contribution in [-0.4, -0.2) is 32.0 Å². The summed E-state index contributed by atoms with van der Waals surface area (Å²) >= 11 is 0. The van der Waals surface area contributed by atoms with Crippen LogP contribution in [0.2, 0.25) is 0 Å². The van der Waals surface area contributed by atoms with Crippen LogP contribution in [0, 0.1) is 12.8 Å². The highest BCUT2D eigenvalue weighted by Gasteiger charge is 2.20. The van der Waals surface area contributed by atoms with E-state index >= 15 is 0 Å². The van der Waals surface area contributed by atoms with Crippen LogP contribution in [-0.2, 0) is 4.79 Å². The first-order valence-corrected chi connectivity index (χ1v) is 6.43. The van der Waals surface area contributed by atoms with Crippen molar-refractivity contribution in [3.63, 3.8) is 0 Å². The predicted molar refractivity (Wildman–Crippen MR) is 74.2 cm³/mol. The number of hydrogen-bond donors (Lipinski definition) is 3. The Morgan fingerprint density at radius 1 is 1.37 bits per heavy atom. The summed E-state index contributed by atoms with van der Waals surface area (Å²) in [5.74, 6) is 0.282. The molecule has 0 aromatic heterocycles. The molecule has 0 atom stereocenters. The molecule has 1 heterocycles. The summed E-state index contributed by atoms with van der Waals surface area (Å²) in [6.45, 7) is 3.73. The molecule has 0 radical (unpaired) electrons. The summed E-state index contributed by atoms with van der Waals surface area (Å²) in [7, 11) is 1.59. The van der Waals surface area contributed by atoms with Crippen molar-refractivity contribution in [2.75, 3.05) is 25.5 Å². The Kier molecular flexibility index (Phi) is 4.16. The molecule has 0 spiro atoms. The van der Waals surface area contributed by atoms with Crippen LogP contribution in [0.1, 0.15) is 22.3 Å². The molecule has 1 aliphatic rings. The maximum atomic E-state index is 11.9. The van der Waals surface area contributed by atoms with Crippen molar-refractivity contribution in [1.29, 1.82) is 0 Å². The quantitative estimate of drug-likeness (QED) is 0.754. The Morgan fingerprint density at radius 2 is 2.11 bits per heavy atom. The van der Waals surface area contributed by atoms with E-state index in [1.807, 2.05) is 13.0 Å². The Labute approximate surface area is 112 Å². The van der Waals surface area contributed by atoms with Crippen LogP contribution in [0.5, 0.6) is 0 Å². The van der Waals surface area contributed by atoms with Gasteiger partial charge in [-0.3, -0.25) is 9.59 Å². The van der Waals surface area contributed by atoms with Crippen LogP contribution in [0.4, 0.5) is 5.69 Å². The van der Waals surface area contributed by atoms with Gasteiger partial charge in [0.05, 0.1) is 0 Å². The van der Waals surface area contributed by atoms with Crippen molar-refractivity contribution in [3.8, 4) is 0 Å². The monoisotopic (exact) mass is 261 g/mol. The molecule has 1 aliphatic heterocycles. The van der Waals surface area contributed by atoms with Gasteiger partial charge in [-0.25, -0.2) is 0 Å². The number of carbonyl (C=O) groups is 2. The van der Waals surface area contributed by atoms with Crippen molar-refractivity contribution in [1.82, 2.24) is 10.6 Å². The lowest BCUT2D eigenvalue weighted by molar-refractivity contribution is -0.117. The molecule has 1 aromatic rings. The normalized spacial score (nSPS) is 14.6. The van der Waals surface area contributed by atoms with E-state index < -0.39 is 0 Å². The van der Waals surface area contributed by atoms with Gasteiger partial charge >= 0.3 is 0 Å². The average molecular weight is 261 g/mol. The number of nitrogens with one attached hydrogen (secondary N) is 3. The molecule has 2 rings (SSSR count). The van der Waals surface area contributed by atoms with E-state index in [1.165, 1.54) is 0 Å². The third-order valence-electron chi connectivity index (χ3n) is 3.34. The largest absolute Gasteiger partial charge is 0.355 e. The van der Waals surface area contributed by atoms with Gasteiger partial charge in [0.2, 0.25) is 5.91 Å². The highest BCUT2D eigenvalue weighted by atomic mass is 16.2. The second kappa shape index (κ2) is 5.84. The van der Waals surface area contributed by atoms with Gasteiger partial charge in [0.1, 0.15) is 0 Å². The standard InChI is InChI=1S/C14H19N3O2/c1-9-3-4-11(14(19)15-2)6-12(9)17-13(18)5-10-7-16-8-10/h3-4,6,10,16H,5,7-8H2,1-2H3,(H,15,19)(H,17,18). The molecule has 0 saturated carbocycles. The minimum atomic E-state index is -0.154. The van der Waals surface area contributed by atoms with Gasteiger partial charge in [0.15, 0.2) is 0 Å². The van der Waals surface area contributed by atoms with Crippen molar-refractivity contribution < 1.29 is 9.59 Å². The molecule has 19 heavy (non-hydrogen) atoms. The second-order valence-electron chi connectivity index (χ2n) is 4.89.